The van der Waals surface area contributed by atoms with E-state index in [4.69, 9.17) is 9.36 Å². The van der Waals surface area contributed by atoms with Crippen molar-refractivity contribution in [2.75, 3.05) is 18.0 Å². The molecule has 1 aromatic rings. The molecule has 14 heavy (non-hydrogen) atoms. The molecule has 1 fully saturated rings. The number of hydrogen-bond acceptors (Lipinski definition) is 6. The van der Waals surface area contributed by atoms with Gasteiger partial charge in [0, 0.05) is 26.6 Å². The zero-order valence-corrected chi connectivity index (χ0v) is 8.01. The van der Waals surface area contributed by atoms with Crippen LogP contribution in [-0.4, -0.2) is 36.1 Å². The lowest BCUT2D eigenvalue weighted by Gasteiger charge is -2.11. The number of hydrogen-bond donors (Lipinski definition) is 0. The summed E-state index contributed by atoms with van der Waals surface area (Å²) in [6.45, 7) is 6.65. The second kappa shape index (κ2) is 3.65. The number of aryl methyl sites for hydroxylation is 1. The van der Waals surface area contributed by atoms with E-state index in [0.29, 0.717) is 11.8 Å². The van der Waals surface area contributed by atoms with E-state index in [-0.39, 0.29) is 6.10 Å². The van der Waals surface area contributed by atoms with Crippen LogP contribution in [0.1, 0.15) is 12.3 Å². The maximum atomic E-state index is 5.05. The van der Waals surface area contributed by atoms with Gasteiger partial charge in [-0.05, 0) is 5.16 Å². The van der Waals surface area contributed by atoms with E-state index in [0.717, 1.165) is 19.5 Å². The average molecular weight is 196 g/mol. The molecule has 1 aliphatic heterocycles. The van der Waals surface area contributed by atoms with Gasteiger partial charge in [-0.2, -0.15) is 4.98 Å². The van der Waals surface area contributed by atoms with E-state index < -0.39 is 0 Å². The minimum atomic E-state index is 0.0892. The highest BCUT2D eigenvalue weighted by Gasteiger charge is 2.26. The van der Waals surface area contributed by atoms with E-state index in [9.17, 15) is 0 Å². The van der Waals surface area contributed by atoms with Gasteiger partial charge in [0.1, 0.15) is 6.10 Å². The van der Waals surface area contributed by atoms with Crippen LogP contribution in [0.4, 0.5) is 5.95 Å². The molecular weight excluding hydrogens is 184 g/mol. The first-order valence-corrected chi connectivity index (χ1v) is 4.46. The summed E-state index contributed by atoms with van der Waals surface area (Å²) in [6.07, 6.45) is 0.999. The zero-order chi connectivity index (χ0) is 9.97. The first-order chi connectivity index (χ1) is 6.79. The predicted octanol–water partition coefficient (Wildman–Crippen LogP) is 0.589. The number of oxime groups is 1. The van der Waals surface area contributed by atoms with Gasteiger partial charge in [-0.3, -0.25) is 0 Å². The van der Waals surface area contributed by atoms with Crippen LogP contribution in [0.3, 0.4) is 0 Å². The second-order valence-corrected chi connectivity index (χ2v) is 3.20. The van der Waals surface area contributed by atoms with Gasteiger partial charge in [-0.15, -0.1) is 5.16 Å². The smallest absolute Gasteiger partial charge is 0.266 e. The van der Waals surface area contributed by atoms with Crippen molar-refractivity contribution in [1.82, 2.24) is 10.1 Å². The molecule has 0 unspecified atom stereocenters. The number of aromatic nitrogens is 2. The lowest BCUT2D eigenvalue weighted by Crippen LogP contribution is -2.22. The first-order valence-electron chi connectivity index (χ1n) is 4.46. The molecule has 1 aromatic heterocycles. The van der Waals surface area contributed by atoms with Gasteiger partial charge in [-0.25, -0.2) is 0 Å². The van der Waals surface area contributed by atoms with E-state index >= 15 is 0 Å². The highest BCUT2D eigenvalue weighted by molar-refractivity contribution is 5.30. The van der Waals surface area contributed by atoms with Crippen LogP contribution in [0.15, 0.2) is 9.68 Å². The van der Waals surface area contributed by atoms with E-state index in [1.54, 1.807) is 6.92 Å². The lowest BCUT2D eigenvalue weighted by atomic mass is 10.3. The largest absolute Gasteiger partial charge is 0.391 e. The molecular formula is C8H12N4O2. The Kier molecular flexibility index (Phi) is 2.34. The molecule has 0 radical (unpaired) electrons. The lowest BCUT2D eigenvalue weighted by molar-refractivity contribution is 0.0769. The highest BCUT2D eigenvalue weighted by atomic mass is 16.6. The topological polar surface area (TPSA) is 63.8 Å². The minimum absolute atomic E-state index is 0.0892. The average Bonchev–Trinajstić information content (AvgIpc) is 2.74. The summed E-state index contributed by atoms with van der Waals surface area (Å²) in [5.41, 5.74) is 0. The van der Waals surface area contributed by atoms with Crippen molar-refractivity contribution in [1.29, 1.82) is 0 Å². The molecule has 0 aromatic carbocycles. The molecule has 76 valence electrons. The zero-order valence-electron chi connectivity index (χ0n) is 8.01. The fourth-order valence-electron chi connectivity index (χ4n) is 1.52. The Morgan fingerprint density at radius 1 is 1.71 bits per heavy atom. The summed E-state index contributed by atoms with van der Waals surface area (Å²) in [4.78, 5) is 11.2. The summed E-state index contributed by atoms with van der Waals surface area (Å²) in [5, 5.41) is 7.24. The third-order valence-electron chi connectivity index (χ3n) is 2.17. The number of nitrogens with zero attached hydrogens (tertiary/aromatic N) is 4. The van der Waals surface area contributed by atoms with E-state index in [1.165, 1.54) is 0 Å². The van der Waals surface area contributed by atoms with E-state index in [1.807, 2.05) is 4.90 Å². The van der Waals surface area contributed by atoms with Crippen LogP contribution in [0.25, 0.3) is 0 Å². The molecule has 6 nitrogen and oxygen atoms in total. The van der Waals surface area contributed by atoms with Gasteiger partial charge in [0.2, 0.25) is 5.89 Å². The normalized spacial score (nSPS) is 21.2. The quantitative estimate of drug-likeness (QED) is 0.523. The fraction of sp³-hybridized carbons (Fsp3) is 0.625. The van der Waals surface area contributed by atoms with Crippen molar-refractivity contribution in [3.63, 3.8) is 0 Å². The van der Waals surface area contributed by atoms with Gasteiger partial charge in [0.15, 0.2) is 0 Å². The summed E-state index contributed by atoms with van der Waals surface area (Å²) in [5.74, 6) is 1.20. The van der Waals surface area contributed by atoms with Crippen LogP contribution in [-0.2, 0) is 4.84 Å². The fourth-order valence-corrected chi connectivity index (χ4v) is 1.52. The van der Waals surface area contributed by atoms with E-state index in [2.05, 4.69) is 22.0 Å². The standard InChI is InChI=1S/C8H12N4O2/c1-6-10-8(11-13-6)12-4-3-7(5-12)14-9-2/h7H,2-5H2,1H3/t7-/m1/s1. The molecule has 0 bridgehead atoms. The molecule has 0 aliphatic carbocycles. The van der Waals surface area contributed by atoms with Gasteiger partial charge in [0.05, 0.1) is 6.54 Å². The van der Waals surface area contributed by atoms with Crippen LogP contribution in [0.5, 0.6) is 0 Å². The Labute approximate surface area is 81.5 Å². The summed E-state index contributed by atoms with van der Waals surface area (Å²) in [6, 6.07) is 0. The molecule has 0 N–H and O–H groups in total. The minimum Gasteiger partial charge on any atom is -0.391 e. The molecule has 1 atom stereocenters. The van der Waals surface area contributed by atoms with Gasteiger partial charge in [0.25, 0.3) is 5.95 Å². The van der Waals surface area contributed by atoms with Crippen LogP contribution in [0, 0.1) is 6.92 Å². The van der Waals surface area contributed by atoms with Crippen molar-refractivity contribution >= 4 is 12.7 Å². The molecule has 0 spiro atoms. The second-order valence-electron chi connectivity index (χ2n) is 3.20. The maximum absolute atomic E-state index is 5.05. The molecule has 1 saturated heterocycles. The third kappa shape index (κ3) is 1.68. The highest BCUT2D eigenvalue weighted by Crippen LogP contribution is 2.18. The van der Waals surface area contributed by atoms with Crippen LogP contribution in [0.2, 0.25) is 0 Å². The monoisotopic (exact) mass is 196 g/mol. The predicted molar refractivity (Wildman–Crippen MR) is 50.3 cm³/mol. The summed E-state index contributed by atoms with van der Waals surface area (Å²) in [7, 11) is 0. The van der Waals surface area contributed by atoms with Crippen LogP contribution >= 0.6 is 0 Å². The Balaban J connectivity index is 1.98. The Morgan fingerprint density at radius 2 is 2.57 bits per heavy atom. The summed E-state index contributed by atoms with van der Waals surface area (Å²) >= 11 is 0. The van der Waals surface area contributed by atoms with Gasteiger partial charge >= 0.3 is 0 Å². The Bertz CT molecular complexity index is 325. The summed E-state index contributed by atoms with van der Waals surface area (Å²) < 4.78 is 4.89. The molecule has 6 heteroatoms. The SMILES string of the molecule is C=NO[C@@H]1CCN(c2noc(C)n2)C1. The van der Waals surface area contributed by atoms with Gasteiger partial charge < -0.3 is 14.3 Å². The molecule has 1 aliphatic rings. The molecule has 0 amide bonds. The first kappa shape index (κ1) is 8.98. The van der Waals surface area contributed by atoms with Gasteiger partial charge in [-0.1, -0.05) is 0 Å². The Hall–Kier alpha value is -1.59. The van der Waals surface area contributed by atoms with Crippen molar-refractivity contribution in [3.05, 3.63) is 5.89 Å². The van der Waals surface area contributed by atoms with Crippen molar-refractivity contribution in [2.24, 2.45) is 5.16 Å². The molecule has 0 saturated carbocycles. The van der Waals surface area contributed by atoms with Crippen molar-refractivity contribution in [3.8, 4) is 0 Å². The van der Waals surface area contributed by atoms with Crippen molar-refractivity contribution in [2.45, 2.75) is 19.4 Å². The Morgan fingerprint density at radius 3 is 3.21 bits per heavy atom. The number of rotatable bonds is 3. The van der Waals surface area contributed by atoms with Crippen LogP contribution < -0.4 is 4.90 Å². The molecule has 2 rings (SSSR count). The van der Waals surface area contributed by atoms with Crippen molar-refractivity contribution < 1.29 is 9.36 Å². The molecule has 2 heterocycles. The number of anilines is 1. The third-order valence-corrected chi connectivity index (χ3v) is 2.17. The maximum Gasteiger partial charge on any atom is 0.266 e.